The van der Waals surface area contributed by atoms with Gasteiger partial charge in [0.15, 0.2) is 0 Å². The van der Waals surface area contributed by atoms with Gasteiger partial charge >= 0.3 is 11.9 Å². The lowest BCUT2D eigenvalue weighted by Gasteiger charge is -2.27. The van der Waals surface area contributed by atoms with Gasteiger partial charge in [-0.1, -0.05) is 6.92 Å². The normalized spacial score (nSPS) is 18.1. The van der Waals surface area contributed by atoms with Crippen molar-refractivity contribution < 1.29 is 19.4 Å². The summed E-state index contributed by atoms with van der Waals surface area (Å²) in [7, 11) is 0. The number of aromatic nitrogens is 2. The number of aryl methyl sites for hydroxylation is 1. The van der Waals surface area contributed by atoms with Gasteiger partial charge in [0.1, 0.15) is 11.6 Å². The summed E-state index contributed by atoms with van der Waals surface area (Å²) in [6.45, 7) is 7.99. The van der Waals surface area contributed by atoms with Crippen LogP contribution in [0.15, 0.2) is 6.20 Å². The summed E-state index contributed by atoms with van der Waals surface area (Å²) in [5.41, 5.74) is 0.0233. The molecule has 1 aromatic rings. The quantitative estimate of drug-likeness (QED) is 0.848. The lowest BCUT2D eigenvalue weighted by molar-refractivity contribution is -0.156. The van der Waals surface area contributed by atoms with Gasteiger partial charge in [0.2, 0.25) is 5.95 Å². The molecule has 0 bridgehead atoms. The van der Waals surface area contributed by atoms with Crippen LogP contribution in [0.5, 0.6) is 0 Å². The van der Waals surface area contributed by atoms with E-state index in [0.717, 1.165) is 6.42 Å². The second-order valence-corrected chi connectivity index (χ2v) is 6.57. The van der Waals surface area contributed by atoms with E-state index in [0.29, 0.717) is 31.0 Å². The fraction of sp³-hybridized carbons (Fsp3) is 0.625. The molecule has 0 unspecified atom stereocenters. The number of carboxylic acids is 1. The standard InChI is InChI=1S/C16H23N3O4/c1-5-11-10(13(20)21)9-17-15(18-11)19-8-6-7-12(19)14(22)23-16(2,3)4/h9,12H,5-8H2,1-4H3,(H,20,21)/t12-/m1/s1. The van der Waals surface area contributed by atoms with Crippen LogP contribution in [0.25, 0.3) is 0 Å². The molecule has 7 nitrogen and oxygen atoms in total. The predicted molar refractivity (Wildman–Crippen MR) is 84.6 cm³/mol. The van der Waals surface area contributed by atoms with E-state index in [2.05, 4.69) is 9.97 Å². The number of aromatic carboxylic acids is 1. The molecule has 1 aliphatic heterocycles. The Labute approximate surface area is 135 Å². The van der Waals surface area contributed by atoms with Gasteiger partial charge in [-0.25, -0.2) is 19.6 Å². The third kappa shape index (κ3) is 3.97. The molecule has 0 saturated carbocycles. The molecule has 0 amide bonds. The van der Waals surface area contributed by atoms with Crippen LogP contribution in [0, 0.1) is 0 Å². The molecule has 7 heteroatoms. The molecule has 1 atom stereocenters. The molecule has 1 N–H and O–H groups in total. The van der Waals surface area contributed by atoms with Crippen molar-refractivity contribution in [2.24, 2.45) is 0 Å². The lowest BCUT2D eigenvalue weighted by atomic mass is 10.1. The van der Waals surface area contributed by atoms with E-state index in [1.54, 1.807) is 4.90 Å². The highest BCUT2D eigenvalue weighted by molar-refractivity contribution is 5.88. The number of anilines is 1. The minimum atomic E-state index is -1.04. The third-order valence-corrected chi connectivity index (χ3v) is 3.61. The summed E-state index contributed by atoms with van der Waals surface area (Å²) in [4.78, 5) is 33.8. The second kappa shape index (κ2) is 6.52. The number of hydrogen-bond acceptors (Lipinski definition) is 6. The van der Waals surface area contributed by atoms with Crippen molar-refractivity contribution in [3.05, 3.63) is 17.5 Å². The molecule has 1 aliphatic rings. The van der Waals surface area contributed by atoms with E-state index in [4.69, 9.17) is 9.84 Å². The van der Waals surface area contributed by atoms with Crippen LogP contribution in [0.1, 0.15) is 56.6 Å². The molecule has 23 heavy (non-hydrogen) atoms. The van der Waals surface area contributed by atoms with Gasteiger partial charge in [0.25, 0.3) is 0 Å². The average Bonchev–Trinajstić information content (AvgIpc) is 2.94. The highest BCUT2D eigenvalue weighted by Gasteiger charge is 2.35. The SMILES string of the molecule is CCc1nc(N2CCC[C@@H]2C(=O)OC(C)(C)C)ncc1C(=O)O. The van der Waals surface area contributed by atoms with Crippen molar-refractivity contribution in [2.75, 3.05) is 11.4 Å². The molecule has 0 aliphatic carbocycles. The summed E-state index contributed by atoms with van der Waals surface area (Å²) in [6.07, 6.45) is 3.33. The van der Waals surface area contributed by atoms with Gasteiger partial charge in [-0.05, 0) is 40.0 Å². The summed E-state index contributed by atoms with van der Waals surface area (Å²) < 4.78 is 5.46. The summed E-state index contributed by atoms with van der Waals surface area (Å²) in [6, 6.07) is -0.422. The van der Waals surface area contributed by atoms with Crippen molar-refractivity contribution >= 4 is 17.9 Å². The number of ether oxygens (including phenoxy) is 1. The molecule has 1 fully saturated rings. The number of carbonyl (C=O) groups excluding carboxylic acids is 1. The number of carbonyl (C=O) groups is 2. The van der Waals surface area contributed by atoms with E-state index in [-0.39, 0.29) is 11.5 Å². The van der Waals surface area contributed by atoms with Gasteiger partial charge in [0, 0.05) is 12.7 Å². The van der Waals surface area contributed by atoms with Gasteiger partial charge in [-0.2, -0.15) is 0 Å². The van der Waals surface area contributed by atoms with Gasteiger partial charge in [0.05, 0.1) is 11.3 Å². The maximum absolute atomic E-state index is 12.4. The first-order valence-electron chi connectivity index (χ1n) is 7.81. The third-order valence-electron chi connectivity index (χ3n) is 3.61. The molecule has 1 saturated heterocycles. The molecular formula is C16H23N3O4. The van der Waals surface area contributed by atoms with E-state index in [1.807, 2.05) is 27.7 Å². The van der Waals surface area contributed by atoms with Crippen LogP contribution in [-0.2, 0) is 16.0 Å². The molecule has 0 aromatic carbocycles. The van der Waals surface area contributed by atoms with Gasteiger partial charge in [-0.3, -0.25) is 0 Å². The molecule has 2 heterocycles. The highest BCUT2D eigenvalue weighted by atomic mass is 16.6. The molecule has 0 radical (unpaired) electrons. The molecule has 1 aromatic heterocycles. The minimum absolute atomic E-state index is 0.101. The van der Waals surface area contributed by atoms with E-state index in [9.17, 15) is 9.59 Å². The number of hydrogen-bond donors (Lipinski definition) is 1. The first kappa shape index (κ1) is 17.2. The summed E-state index contributed by atoms with van der Waals surface area (Å²) in [5, 5.41) is 9.15. The Kier molecular flexibility index (Phi) is 4.87. The Balaban J connectivity index is 2.26. The largest absolute Gasteiger partial charge is 0.478 e. The van der Waals surface area contributed by atoms with E-state index < -0.39 is 17.6 Å². The summed E-state index contributed by atoms with van der Waals surface area (Å²) in [5.74, 6) is -0.947. The zero-order valence-corrected chi connectivity index (χ0v) is 14.0. The van der Waals surface area contributed by atoms with Crippen LogP contribution in [0.4, 0.5) is 5.95 Å². The highest BCUT2D eigenvalue weighted by Crippen LogP contribution is 2.25. The van der Waals surface area contributed by atoms with Gasteiger partial charge < -0.3 is 14.7 Å². The van der Waals surface area contributed by atoms with Gasteiger partial charge in [-0.15, -0.1) is 0 Å². The number of esters is 1. The Morgan fingerprint density at radius 1 is 1.43 bits per heavy atom. The Morgan fingerprint density at radius 2 is 2.13 bits per heavy atom. The Morgan fingerprint density at radius 3 is 2.70 bits per heavy atom. The first-order valence-corrected chi connectivity index (χ1v) is 7.81. The average molecular weight is 321 g/mol. The van der Waals surface area contributed by atoms with Crippen LogP contribution >= 0.6 is 0 Å². The lowest BCUT2D eigenvalue weighted by Crippen LogP contribution is -2.41. The van der Waals surface area contributed by atoms with Crippen molar-refractivity contribution in [3.63, 3.8) is 0 Å². The zero-order valence-electron chi connectivity index (χ0n) is 14.0. The molecule has 2 rings (SSSR count). The molecular weight excluding hydrogens is 298 g/mol. The van der Waals surface area contributed by atoms with Crippen LogP contribution < -0.4 is 4.90 Å². The van der Waals surface area contributed by atoms with Crippen molar-refractivity contribution in [3.8, 4) is 0 Å². The summed E-state index contributed by atoms with van der Waals surface area (Å²) >= 11 is 0. The van der Waals surface area contributed by atoms with Crippen molar-refractivity contribution in [2.45, 2.75) is 58.6 Å². The van der Waals surface area contributed by atoms with Crippen LogP contribution in [0.3, 0.4) is 0 Å². The number of nitrogens with zero attached hydrogens (tertiary/aromatic N) is 3. The van der Waals surface area contributed by atoms with Crippen LogP contribution in [-0.4, -0.2) is 45.2 Å². The number of carboxylic acid groups (broad SMARTS) is 1. The smallest absolute Gasteiger partial charge is 0.339 e. The molecule has 0 spiro atoms. The maximum Gasteiger partial charge on any atom is 0.339 e. The fourth-order valence-corrected chi connectivity index (χ4v) is 2.61. The number of rotatable bonds is 4. The minimum Gasteiger partial charge on any atom is -0.478 e. The topological polar surface area (TPSA) is 92.6 Å². The van der Waals surface area contributed by atoms with E-state index in [1.165, 1.54) is 6.20 Å². The predicted octanol–water partition coefficient (Wildman–Crippen LogP) is 2.05. The maximum atomic E-state index is 12.4. The van der Waals surface area contributed by atoms with Crippen molar-refractivity contribution in [1.29, 1.82) is 0 Å². The molecule has 126 valence electrons. The van der Waals surface area contributed by atoms with Crippen LogP contribution in [0.2, 0.25) is 0 Å². The van der Waals surface area contributed by atoms with E-state index >= 15 is 0 Å². The monoisotopic (exact) mass is 321 g/mol. The van der Waals surface area contributed by atoms with Crippen molar-refractivity contribution in [1.82, 2.24) is 9.97 Å². The Hall–Kier alpha value is -2.18. The zero-order chi connectivity index (χ0) is 17.2. The fourth-order valence-electron chi connectivity index (χ4n) is 2.61. The first-order chi connectivity index (χ1) is 10.7. The second-order valence-electron chi connectivity index (χ2n) is 6.57. The Bertz CT molecular complexity index is 610.